The number of hydrogen-bond donors (Lipinski definition) is 1. The Bertz CT molecular complexity index is 947. The molecular formula is C19H18ClN3O4S. The molecule has 1 N–H and O–H groups in total. The molecule has 2 aromatic carbocycles. The summed E-state index contributed by atoms with van der Waals surface area (Å²) in [5, 5.41) is 11.5. The molecule has 1 aromatic heterocycles. The van der Waals surface area contributed by atoms with Crippen LogP contribution in [0.3, 0.4) is 0 Å². The number of thioether (sulfide) groups is 1. The molecule has 3 aromatic rings. The number of rotatable bonds is 8. The smallest absolute Gasteiger partial charge is 0.277 e. The highest BCUT2D eigenvalue weighted by Crippen LogP contribution is 2.29. The molecule has 0 saturated heterocycles. The number of hydrogen-bond acceptors (Lipinski definition) is 7. The van der Waals surface area contributed by atoms with Crippen molar-refractivity contribution in [2.24, 2.45) is 0 Å². The third-order valence-electron chi connectivity index (χ3n) is 3.58. The summed E-state index contributed by atoms with van der Waals surface area (Å²) in [7, 11) is 1.52. The molecule has 3 rings (SSSR count). The van der Waals surface area contributed by atoms with E-state index in [9.17, 15) is 4.79 Å². The Morgan fingerprint density at radius 3 is 2.71 bits per heavy atom. The second-order valence-corrected chi connectivity index (χ2v) is 6.87. The first-order valence-electron chi connectivity index (χ1n) is 8.42. The van der Waals surface area contributed by atoms with Crippen LogP contribution in [-0.2, 0) is 4.79 Å². The largest absolute Gasteiger partial charge is 0.495 e. The fraction of sp³-hybridized carbons (Fsp3) is 0.211. The van der Waals surface area contributed by atoms with Gasteiger partial charge in [-0.25, -0.2) is 0 Å². The molecule has 7 nitrogen and oxygen atoms in total. The fourth-order valence-corrected chi connectivity index (χ4v) is 3.07. The molecule has 0 spiro atoms. The SMILES string of the molecule is CCOc1ccc(-c2nnc(SCC(=O)Nc3cc(Cl)ccc3OC)o2)cc1. The van der Waals surface area contributed by atoms with E-state index in [2.05, 4.69) is 15.5 Å². The monoisotopic (exact) mass is 419 g/mol. The normalized spacial score (nSPS) is 10.5. The molecular weight excluding hydrogens is 402 g/mol. The van der Waals surface area contributed by atoms with Crippen molar-refractivity contribution >= 4 is 35.0 Å². The van der Waals surface area contributed by atoms with Gasteiger partial charge in [-0.2, -0.15) is 0 Å². The van der Waals surface area contributed by atoms with Gasteiger partial charge in [0, 0.05) is 10.6 Å². The standard InChI is InChI=1S/C19H18ClN3O4S/c1-3-26-14-7-4-12(5-8-14)18-22-23-19(27-18)28-11-17(24)21-15-10-13(20)6-9-16(15)25-2/h4-10H,3,11H2,1-2H3,(H,21,24). The summed E-state index contributed by atoms with van der Waals surface area (Å²) in [6, 6.07) is 12.3. The van der Waals surface area contributed by atoms with Crippen molar-refractivity contribution in [3.63, 3.8) is 0 Å². The Morgan fingerprint density at radius 1 is 1.21 bits per heavy atom. The minimum atomic E-state index is -0.244. The van der Waals surface area contributed by atoms with Crippen molar-refractivity contribution in [2.45, 2.75) is 12.1 Å². The average Bonchev–Trinajstić information content (AvgIpc) is 3.16. The number of halogens is 1. The third-order valence-corrected chi connectivity index (χ3v) is 4.63. The van der Waals surface area contributed by atoms with Crippen molar-refractivity contribution in [1.29, 1.82) is 0 Å². The zero-order chi connectivity index (χ0) is 19.9. The molecule has 0 aliphatic heterocycles. The number of aromatic nitrogens is 2. The molecule has 146 valence electrons. The van der Waals surface area contributed by atoms with Gasteiger partial charge >= 0.3 is 0 Å². The van der Waals surface area contributed by atoms with E-state index in [1.54, 1.807) is 18.2 Å². The summed E-state index contributed by atoms with van der Waals surface area (Å²) in [6.07, 6.45) is 0. The summed E-state index contributed by atoms with van der Waals surface area (Å²) in [5.74, 6) is 1.53. The van der Waals surface area contributed by atoms with Crippen LogP contribution in [0.5, 0.6) is 11.5 Å². The van der Waals surface area contributed by atoms with Crippen molar-refractivity contribution < 1.29 is 18.7 Å². The second kappa shape index (κ2) is 9.48. The van der Waals surface area contributed by atoms with Crippen LogP contribution >= 0.6 is 23.4 Å². The topological polar surface area (TPSA) is 86.5 Å². The highest BCUT2D eigenvalue weighted by Gasteiger charge is 2.13. The van der Waals surface area contributed by atoms with E-state index in [1.807, 2.05) is 31.2 Å². The lowest BCUT2D eigenvalue weighted by Crippen LogP contribution is -2.14. The molecule has 0 aliphatic rings. The lowest BCUT2D eigenvalue weighted by atomic mass is 10.2. The minimum absolute atomic E-state index is 0.0978. The van der Waals surface area contributed by atoms with Gasteiger partial charge in [0.05, 0.1) is 25.2 Å². The maximum atomic E-state index is 12.2. The third kappa shape index (κ3) is 5.17. The molecule has 1 heterocycles. The Hall–Kier alpha value is -2.71. The molecule has 0 fully saturated rings. The van der Waals surface area contributed by atoms with Crippen LogP contribution in [0.2, 0.25) is 5.02 Å². The number of nitrogens with one attached hydrogen (secondary N) is 1. The highest BCUT2D eigenvalue weighted by molar-refractivity contribution is 7.99. The van der Waals surface area contributed by atoms with E-state index in [1.165, 1.54) is 7.11 Å². The Labute approximate surface area is 171 Å². The van der Waals surface area contributed by atoms with Gasteiger partial charge in [-0.15, -0.1) is 10.2 Å². The molecule has 0 unspecified atom stereocenters. The van der Waals surface area contributed by atoms with Crippen molar-refractivity contribution in [3.05, 3.63) is 47.5 Å². The molecule has 1 amide bonds. The van der Waals surface area contributed by atoms with Crippen LogP contribution in [0.15, 0.2) is 52.1 Å². The van der Waals surface area contributed by atoms with Gasteiger partial charge < -0.3 is 19.2 Å². The van der Waals surface area contributed by atoms with Gasteiger partial charge in [-0.1, -0.05) is 23.4 Å². The number of benzene rings is 2. The maximum Gasteiger partial charge on any atom is 0.277 e. The van der Waals surface area contributed by atoms with E-state index < -0.39 is 0 Å². The van der Waals surface area contributed by atoms with E-state index in [4.69, 9.17) is 25.5 Å². The molecule has 0 saturated carbocycles. The van der Waals surface area contributed by atoms with Crippen LogP contribution < -0.4 is 14.8 Å². The Balaban J connectivity index is 1.58. The zero-order valence-electron chi connectivity index (χ0n) is 15.3. The molecule has 9 heteroatoms. The lowest BCUT2D eigenvalue weighted by molar-refractivity contribution is -0.113. The summed E-state index contributed by atoms with van der Waals surface area (Å²) >= 11 is 7.11. The van der Waals surface area contributed by atoms with Crippen molar-refractivity contribution in [2.75, 3.05) is 24.8 Å². The Kier molecular flexibility index (Phi) is 6.78. The lowest BCUT2D eigenvalue weighted by Gasteiger charge is -2.09. The molecule has 0 bridgehead atoms. The van der Waals surface area contributed by atoms with Crippen LogP contribution in [-0.4, -0.2) is 35.6 Å². The van der Waals surface area contributed by atoms with Gasteiger partial charge in [0.1, 0.15) is 11.5 Å². The van der Waals surface area contributed by atoms with Crippen LogP contribution in [0.25, 0.3) is 11.5 Å². The first-order chi connectivity index (χ1) is 13.6. The number of ether oxygens (including phenoxy) is 2. The van der Waals surface area contributed by atoms with E-state index in [0.29, 0.717) is 34.2 Å². The molecule has 0 radical (unpaired) electrons. The summed E-state index contributed by atoms with van der Waals surface area (Å²) in [6.45, 7) is 2.53. The predicted octanol–water partition coefficient (Wildman–Crippen LogP) is 4.53. The van der Waals surface area contributed by atoms with Crippen molar-refractivity contribution in [1.82, 2.24) is 10.2 Å². The number of nitrogens with zero attached hydrogens (tertiary/aromatic N) is 2. The van der Waals surface area contributed by atoms with Gasteiger partial charge in [0.25, 0.3) is 5.22 Å². The van der Waals surface area contributed by atoms with Crippen molar-refractivity contribution in [3.8, 4) is 23.0 Å². The first kappa shape index (κ1) is 20.0. The van der Waals surface area contributed by atoms with Crippen LogP contribution in [0, 0.1) is 0 Å². The van der Waals surface area contributed by atoms with E-state index in [0.717, 1.165) is 23.1 Å². The predicted molar refractivity (Wildman–Crippen MR) is 108 cm³/mol. The fourth-order valence-electron chi connectivity index (χ4n) is 2.34. The molecule has 0 aliphatic carbocycles. The quantitative estimate of drug-likeness (QED) is 0.537. The number of anilines is 1. The van der Waals surface area contributed by atoms with Crippen LogP contribution in [0.4, 0.5) is 5.69 Å². The van der Waals surface area contributed by atoms with E-state index >= 15 is 0 Å². The van der Waals surface area contributed by atoms with Gasteiger partial charge in [-0.05, 0) is 49.4 Å². The number of amides is 1. The average molecular weight is 420 g/mol. The van der Waals surface area contributed by atoms with Gasteiger partial charge in [0.15, 0.2) is 0 Å². The highest BCUT2D eigenvalue weighted by atomic mass is 35.5. The second-order valence-electron chi connectivity index (χ2n) is 5.51. The number of carbonyl (C=O) groups is 1. The molecule has 28 heavy (non-hydrogen) atoms. The Morgan fingerprint density at radius 2 is 2.00 bits per heavy atom. The maximum absolute atomic E-state index is 12.2. The minimum Gasteiger partial charge on any atom is -0.495 e. The molecule has 0 atom stereocenters. The first-order valence-corrected chi connectivity index (χ1v) is 9.78. The van der Waals surface area contributed by atoms with Crippen LogP contribution in [0.1, 0.15) is 6.92 Å². The van der Waals surface area contributed by atoms with E-state index in [-0.39, 0.29) is 11.7 Å². The summed E-state index contributed by atoms with van der Waals surface area (Å²) < 4.78 is 16.2. The number of methoxy groups -OCH3 is 1. The zero-order valence-corrected chi connectivity index (χ0v) is 16.8. The van der Waals surface area contributed by atoms with Gasteiger partial charge in [0.2, 0.25) is 11.8 Å². The van der Waals surface area contributed by atoms with Gasteiger partial charge in [-0.3, -0.25) is 4.79 Å². The number of carbonyl (C=O) groups excluding carboxylic acids is 1. The summed E-state index contributed by atoms with van der Waals surface area (Å²) in [4.78, 5) is 12.2. The summed E-state index contributed by atoms with van der Waals surface area (Å²) in [5.41, 5.74) is 1.28.